The highest BCUT2D eigenvalue weighted by atomic mass is 16.5. The van der Waals surface area contributed by atoms with Gasteiger partial charge in [-0.25, -0.2) is 9.59 Å². The maximum atomic E-state index is 11.5. The molecule has 4 heteroatoms. The van der Waals surface area contributed by atoms with Crippen LogP contribution in [-0.2, 0) is 19.1 Å². The first-order valence-electron chi connectivity index (χ1n) is 12.1. The minimum atomic E-state index is -0.362. The zero-order valence-corrected chi connectivity index (χ0v) is 19.0. The van der Waals surface area contributed by atoms with E-state index in [0.29, 0.717) is 13.2 Å². The lowest BCUT2D eigenvalue weighted by atomic mass is 9.71. The maximum absolute atomic E-state index is 11.5. The summed E-state index contributed by atoms with van der Waals surface area (Å²) in [5.74, 6) is 1.93. The SMILES string of the molecule is C=CC(=O)OCCC1(CCOC(=O)C=C)CCCC(C2CCC(CCC)CC2)CC1. The molecule has 2 aliphatic rings. The molecule has 0 saturated heterocycles. The average molecular weight is 419 g/mol. The highest BCUT2D eigenvalue weighted by Gasteiger charge is 2.36. The van der Waals surface area contributed by atoms with Gasteiger partial charge in [0.25, 0.3) is 0 Å². The number of hydrogen-bond acceptors (Lipinski definition) is 4. The van der Waals surface area contributed by atoms with Gasteiger partial charge in [0.05, 0.1) is 13.2 Å². The molecule has 2 aliphatic carbocycles. The minimum Gasteiger partial charge on any atom is -0.463 e. The van der Waals surface area contributed by atoms with Gasteiger partial charge in [-0.1, -0.05) is 58.6 Å². The molecule has 1 atom stereocenters. The van der Waals surface area contributed by atoms with Crippen LogP contribution >= 0.6 is 0 Å². The van der Waals surface area contributed by atoms with Gasteiger partial charge >= 0.3 is 11.9 Å². The number of hydrogen-bond donors (Lipinski definition) is 0. The number of ether oxygens (including phenoxy) is 2. The van der Waals surface area contributed by atoms with Crippen molar-refractivity contribution in [3.63, 3.8) is 0 Å². The quantitative estimate of drug-likeness (QED) is 0.221. The van der Waals surface area contributed by atoms with Gasteiger partial charge in [-0.15, -0.1) is 0 Å². The molecule has 0 radical (unpaired) electrons. The van der Waals surface area contributed by atoms with Crippen molar-refractivity contribution < 1.29 is 19.1 Å². The Labute approximate surface area is 183 Å². The fraction of sp³-hybridized carbons (Fsp3) is 0.769. The van der Waals surface area contributed by atoms with E-state index >= 15 is 0 Å². The van der Waals surface area contributed by atoms with Crippen molar-refractivity contribution in [2.45, 2.75) is 90.4 Å². The lowest BCUT2D eigenvalue weighted by Crippen LogP contribution is -2.26. The number of carbonyl (C=O) groups excluding carboxylic acids is 2. The van der Waals surface area contributed by atoms with Gasteiger partial charge in [-0.3, -0.25) is 0 Å². The smallest absolute Gasteiger partial charge is 0.330 e. The van der Waals surface area contributed by atoms with Crippen LogP contribution in [0.2, 0.25) is 0 Å². The summed E-state index contributed by atoms with van der Waals surface area (Å²) < 4.78 is 10.6. The standard InChI is InChI=1S/C26H42O4/c1-4-8-21-10-12-23(13-11-21)22-9-7-15-26(16-14-22,17-19-29-24(27)5-2)18-20-30-25(28)6-3/h5-6,21-23H,2-4,7-20H2,1H3. The molecular formula is C26H42O4. The molecule has 0 amide bonds. The summed E-state index contributed by atoms with van der Waals surface area (Å²) in [5.41, 5.74) is 0.0804. The van der Waals surface area contributed by atoms with Gasteiger partial charge < -0.3 is 9.47 Å². The average Bonchev–Trinajstić information content (AvgIpc) is 2.97. The molecule has 4 nitrogen and oxygen atoms in total. The number of carbonyl (C=O) groups is 2. The third kappa shape index (κ3) is 7.92. The van der Waals surface area contributed by atoms with Gasteiger partial charge in [0, 0.05) is 12.2 Å². The molecule has 0 aliphatic heterocycles. The molecule has 0 aromatic heterocycles. The Morgan fingerprint density at radius 1 is 0.867 bits per heavy atom. The molecule has 0 spiro atoms. The van der Waals surface area contributed by atoms with E-state index in [4.69, 9.17) is 9.47 Å². The summed E-state index contributed by atoms with van der Waals surface area (Å²) in [7, 11) is 0. The van der Waals surface area contributed by atoms with E-state index in [1.807, 2.05) is 0 Å². The van der Waals surface area contributed by atoms with E-state index in [9.17, 15) is 9.59 Å². The molecule has 0 aromatic carbocycles. The van der Waals surface area contributed by atoms with E-state index in [1.54, 1.807) is 0 Å². The zero-order chi connectivity index (χ0) is 21.8. The van der Waals surface area contributed by atoms with Gasteiger partial charge in [0.2, 0.25) is 0 Å². The van der Waals surface area contributed by atoms with Crippen LogP contribution in [0.1, 0.15) is 90.4 Å². The lowest BCUT2D eigenvalue weighted by molar-refractivity contribution is -0.139. The molecule has 1 unspecified atom stereocenters. The van der Waals surface area contributed by atoms with Crippen molar-refractivity contribution in [1.82, 2.24) is 0 Å². The summed E-state index contributed by atoms with van der Waals surface area (Å²) in [6.07, 6.45) is 18.4. The second kappa shape index (κ2) is 13.0. The fourth-order valence-corrected chi connectivity index (χ4v) is 5.81. The van der Waals surface area contributed by atoms with Crippen LogP contribution in [0, 0.1) is 23.2 Å². The summed E-state index contributed by atoms with van der Waals surface area (Å²) in [4.78, 5) is 23.0. The largest absolute Gasteiger partial charge is 0.463 e. The van der Waals surface area contributed by atoms with Crippen LogP contribution in [-0.4, -0.2) is 25.2 Å². The Morgan fingerprint density at radius 3 is 1.97 bits per heavy atom. The molecule has 2 rings (SSSR count). The van der Waals surface area contributed by atoms with E-state index in [2.05, 4.69) is 20.1 Å². The first-order valence-corrected chi connectivity index (χ1v) is 12.1. The fourth-order valence-electron chi connectivity index (χ4n) is 5.81. The third-order valence-corrected chi connectivity index (χ3v) is 7.67. The predicted molar refractivity (Wildman–Crippen MR) is 121 cm³/mol. The van der Waals surface area contributed by atoms with E-state index in [0.717, 1.165) is 43.4 Å². The molecule has 0 bridgehead atoms. The first kappa shape index (κ1) is 24.7. The molecular weight excluding hydrogens is 376 g/mol. The lowest BCUT2D eigenvalue weighted by Gasteiger charge is -2.35. The topological polar surface area (TPSA) is 52.6 Å². The minimum absolute atomic E-state index is 0.0804. The van der Waals surface area contributed by atoms with Crippen LogP contribution in [0.3, 0.4) is 0 Å². The molecule has 0 heterocycles. The summed E-state index contributed by atoms with van der Waals surface area (Å²) in [6, 6.07) is 0. The third-order valence-electron chi connectivity index (χ3n) is 7.67. The molecule has 2 fully saturated rings. The van der Waals surface area contributed by atoms with E-state index < -0.39 is 0 Å². The second-order valence-corrected chi connectivity index (χ2v) is 9.50. The molecule has 0 aromatic rings. The molecule has 2 saturated carbocycles. The highest BCUT2D eigenvalue weighted by Crippen LogP contribution is 2.47. The Kier molecular flexibility index (Phi) is 10.7. The van der Waals surface area contributed by atoms with Crippen molar-refractivity contribution in [2.75, 3.05) is 13.2 Å². The van der Waals surface area contributed by atoms with Gasteiger partial charge in [-0.2, -0.15) is 0 Å². The molecule has 30 heavy (non-hydrogen) atoms. The van der Waals surface area contributed by atoms with Gasteiger partial charge in [-0.05, 0) is 68.1 Å². The van der Waals surface area contributed by atoms with Crippen LogP contribution in [0.4, 0.5) is 0 Å². The normalized spacial score (nSPS) is 26.2. The highest BCUT2D eigenvalue weighted by molar-refractivity contribution is 5.81. The van der Waals surface area contributed by atoms with Crippen molar-refractivity contribution in [1.29, 1.82) is 0 Å². The second-order valence-electron chi connectivity index (χ2n) is 9.50. The predicted octanol–water partition coefficient (Wildman–Crippen LogP) is 6.40. The van der Waals surface area contributed by atoms with Gasteiger partial charge in [0.15, 0.2) is 0 Å². The van der Waals surface area contributed by atoms with E-state index in [1.165, 1.54) is 69.9 Å². The Hall–Kier alpha value is -1.58. The zero-order valence-electron chi connectivity index (χ0n) is 19.0. The van der Waals surface area contributed by atoms with Crippen molar-refractivity contribution >= 4 is 11.9 Å². The summed E-state index contributed by atoms with van der Waals surface area (Å²) >= 11 is 0. The molecule has 0 N–H and O–H groups in total. The summed E-state index contributed by atoms with van der Waals surface area (Å²) in [5, 5.41) is 0. The monoisotopic (exact) mass is 418 g/mol. The van der Waals surface area contributed by atoms with Crippen LogP contribution in [0.5, 0.6) is 0 Å². The van der Waals surface area contributed by atoms with Crippen molar-refractivity contribution in [3.8, 4) is 0 Å². The Bertz CT molecular complexity index is 533. The maximum Gasteiger partial charge on any atom is 0.330 e. The number of rotatable bonds is 11. The number of esters is 2. The van der Waals surface area contributed by atoms with Crippen LogP contribution < -0.4 is 0 Å². The Morgan fingerprint density at radius 2 is 1.43 bits per heavy atom. The summed E-state index contributed by atoms with van der Waals surface area (Å²) in [6.45, 7) is 10.1. The van der Waals surface area contributed by atoms with Crippen molar-refractivity contribution in [3.05, 3.63) is 25.3 Å². The Balaban J connectivity index is 1.92. The van der Waals surface area contributed by atoms with Crippen LogP contribution in [0.15, 0.2) is 25.3 Å². The van der Waals surface area contributed by atoms with Crippen molar-refractivity contribution in [2.24, 2.45) is 23.2 Å². The molecule has 170 valence electrons. The van der Waals surface area contributed by atoms with Crippen LogP contribution in [0.25, 0.3) is 0 Å². The van der Waals surface area contributed by atoms with E-state index in [-0.39, 0.29) is 17.4 Å². The van der Waals surface area contributed by atoms with Gasteiger partial charge in [0.1, 0.15) is 0 Å². The first-order chi connectivity index (χ1) is 14.5.